The summed E-state index contributed by atoms with van der Waals surface area (Å²) in [5.74, 6) is 0.000385. The molecule has 0 saturated heterocycles. The van der Waals surface area contributed by atoms with Crippen molar-refractivity contribution in [3.8, 4) is 11.5 Å². The second kappa shape index (κ2) is 6.10. The van der Waals surface area contributed by atoms with Crippen molar-refractivity contribution >= 4 is 5.97 Å². The average molecular weight is 240 g/mol. The number of aliphatic carboxylic acids is 1. The summed E-state index contributed by atoms with van der Waals surface area (Å²) >= 11 is 0. The molecule has 0 saturated carbocycles. The molecule has 0 fully saturated rings. The van der Waals surface area contributed by atoms with E-state index in [0.29, 0.717) is 23.7 Å². The van der Waals surface area contributed by atoms with Crippen molar-refractivity contribution in [3.05, 3.63) is 23.8 Å². The molecule has 2 N–H and O–H groups in total. The monoisotopic (exact) mass is 240 g/mol. The van der Waals surface area contributed by atoms with E-state index in [1.54, 1.807) is 18.2 Å². The third kappa shape index (κ3) is 3.64. The summed E-state index contributed by atoms with van der Waals surface area (Å²) in [7, 11) is 1.49. The van der Waals surface area contributed by atoms with Gasteiger partial charge in [-0.1, -0.05) is 6.07 Å². The maximum atomic E-state index is 10.5. The molecule has 0 radical (unpaired) electrons. The first-order chi connectivity index (χ1) is 8.08. The largest absolute Gasteiger partial charge is 0.493 e. The van der Waals surface area contributed by atoms with Gasteiger partial charge in [-0.05, 0) is 24.6 Å². The van der Waals surface area contributed by atoms with Crippen LogP contribution in [0.4, 0.5) is 0 Å². The fourth-order valence-electron chi connectivity index (χ4n) is 1.45. The highest BCUT2D eigenvalue weighted by Gasteiger charge is 2.14. The first-order valence-electron chi connectivity index (χ1n) is 5.29. The molecule has 17 heavy (non-hydrogen) atoms. The minimum atomic E-state index is -1.05. The van der Waals surface area contributed by atoms with Gasteiger partial charge in [0.25, 0.3) is 0 Å². The smallest absolute Gasteiger partial charge is 0.306 e. The predicted octanol–water partition coefficient (Wildman–Crippen LogP) is 1.60. The number of benzene rings is 1. The second-order valence-electron chi connectivity index (χ2n) is 3.46. The summed E-state index contributed by atoms with van der Waals surface area (Å²) in [6, 6.07) is 4.86. The normalized spacial score (nSPS) is 11.9. The number of aliphatic hydroxyl groups excluding tert-OH is 1. The number of carboxylic acids is 1. The molecule has 0 heterocycles. The Morgan fingerprint density at radius 1 is 1.41 bits per heavy atom. The van der Waals surface area contributed by atoms with Crippen LogP contribution in [0.2, 0.25) is 0 Å². The maximum Gasteiger partial charge on any atom is 0.306 e. The SMILES string of the molecule is CCOc1ccc([C@@H](O)CC(=O)O)cc1OC. The van der Waals surface area contributed by atoms with E-state index < -0.39 is 12.1 Å². The van der Waals surface area contributed by atoms with E-state index in [4.69, 9.17) is 14.6 Å². The molecule has 0 amide bonds. The maximum absolute atomic E-state index is 10.5. The summed E-state index contributed by atoms with van der Waals surface area (Å²) < 4.78 is 10.4. The molecule has 0 unspecified atom stereocenters. The van der Waals surface area contributed by atoms with Gasteiger partial charge in [0.1, 0.15) is 0 Å². The van der Waals surface area contributed by atoms with Crippen LogP contribution in [0.5, 0.6) is 11.5 Å². The van der Waals surface area contributed by atoms with Gasteiger partial charge in [0.15, 0.2) is 11.5 Å². The molecule has 0 aliphatic heterocycles. The van der Waals surface area contributed by atoms with Crippen LogP contribution < -0.4 is 9.47 Å². The van der Waals surface area contributed by atoms with Crippen LogP contribution in [0, 0.1) is 0 Å². The molecular weight excluding hydrogens is 224 g/mol. The molecule has 1 aromatic carbocycles. The van der Waals surface area contributed by atoms with Crippen molar-refractivity contribution in [1.29, 1.82) is 0 Å². The van der Waals surface area contributed by atoms with Gasteiger partial charge in [0.05, 0.1) is 26.2 Å². The van der Waals surface area contributed by atoms with E-state index in [1.807, 2.05) is 6.92 Å². The van der Waals surface area contributed by atoms with Gasteiger partial charge >= 0.3 is 5.97 Å². The van der Waals surface area contributed by atoms with Gasteiger partial charge in [-0.2, -0.15) is 0 Å². The molecule has 5 heteroatoms. The Morgan fingerprint density at radius 2 is 2.12 bits per heavy atom. The van der Waals surface area contributed by atoms with E-state index in [1.165, 1.54) is 7.11 Å². The minimum absolute atomic E-state index is 0.336. The predicted molar refractivity (Wildman–Crippen MR) is 61.4 cm³/mol. The average Bonchev–Trinajstić information content (AvgIpc) is 2.29. The van der Waals surface area contributed by atoms with Gasteiger partial charge in [-0.3, -0.25) is 4.79 Å². The number of aliphatic hydroxyl groups is 1. The number of hydrogen-bond donors (Lipinski definition) is 2. The van der Waals surface area contributed by atoms with E-state index >= 15 is 0 Å². The Labute approximate surface area is 99.6 Å². The highest BCUT2D eigenvalue weighted by molar-refractivity contribution is 5.67. The minimum Gasteiger partial charge on any atom is -0.493 e. The second-order valence-corrected chi connectivity index (χ2v) is 3.46. The Morgan fingerprint density at radius 3 is 2.65 bits per heavy atom. The summed E-state index contributed by atoms with van der Waals surface area (Å²) in [6.07, 6.45) is -1.38. The number of carboxylic acid groups (broad SMARTS) is 1. The molecule has 1 aromatic rings. The molecule has 5 nitrogen and oxygen atoms in total. The molecule has 94 valence electrons. The Hall–Kier alpha value is -1.75. The molecule has 1 atom stereocenters. The highest BCUT2D eigenvalue weighted by atomic mass is 16.5. The zero-order chi connectivity index (χ0) is 12.8. The lowest BCUT2D eigenvalue weighted by Crippen LogP contribution is -2.06. The van der Waals surface area contributed by atoms with E-state index in [-0.39, 0.29) is 6.42 Å². The lowest BCUT2D eigenvalue weighted by molar-refractivity contribution is -0.139. The fourth-order valence-corrected chi connectivity index (χ4v) is 1.45. The third-order valence-electron chi connectivity index (χ3n) is 2.24. The standard InChI is InChI=1S/C12H16O5/c1-3-17-10-5-4-8(6-11(10)16-2)9(13)7-12(14)15/h4-6,9,13H,3,7H2,1-2H3,(H,14,15)/t9-/m0/s1. The van der Waals surface area contributed by atoms with Gasteiger partial charge in [0.2, 0.25) is 0 Å². The van der Waals surface area contributed by atoms with E-state index in [9.17, 15) is 9.90 Å². The molecular formula is C12H16O5. The Balaban J connectivity index is 2.92. The molecule has 1 rings (SSSR count). The fraction of sp³-hybridized carbons (Fsp3) is 0.417. The van der Waals surface area contributed by atoms with Crippen LogP contribution in [0.15, 0.2) is 18.2 Å². The van der Waals surface area contributed by atoms with Crippen LogP contribution in [-0.2, 0) is 4.79 Å². The van der Waals surface area contributed by atoms with Crippen molar-refractivity contribution < 1.29 is 24.5 Å². The van der Waals surface area contributed by atoms with Gasteiger partial charge in [-0.25, -0.2) is 0 Å². The molecule has 0 spiro atoms. The summed E-state index contributed by atoms with van der Waals surface area (Å²) in [4.78, 5) is 10.5. The van der Waals surface area contributed by atoms with Crippen molar-refractivity contribution in [3.63, 3.8) is 0 Å². The first kappa shape index (κ1) is 13.3. The van der Waals surface area contributed by atoms with Crippen molar-refractivity contribution in [1.82, 2.24) is 0 Å². The van der Waals surface area contributed by atoms with E-state index in [2.05, 4.69) is 0 Å². The lowest BCUT2D eigenvalue weighted by atomic mass is 10.1. The first-order valence-corrected chi connectivity index (χ1v) is 5.29. The molecule has 0 aromatic heterocycles. The molecule has 0 aliphatic carbocycles. The highest BCUT2D eigenvalue weighted by Crippen LogP contribution is 2.31. The lowest BCUT2D eigenvalue weighted by Gasteiger charge is -2.13. The van der Waals surface area contributed by atoms with Crippen LogP contribution >= 0.6 is 0 Å². The topological polar surface area (TPSA) is 76.0 Å². The van der Waals surface area contributed by atoms with Gasteiger partial charge < -0.3 is 19.7 Å². The Bertz CT molecular complexity index is 388. The summed E-state index contributed by atoms with van der Waals surface area (Å²) in [5, 5.41) is 18.2. The number of methoxy groups -OCH3 is 1. The van der Waals surface area contributed by atoms with Crippen molar-refractivity contribution in [2.24, 2.45) is 0 Å². The van der Waals surface area contributed by atoms with E-state index in [0.717, 1.165) is 0 Å². The molecule has 0 aliphatic rings. The van der Waals surface area contributed by atoms with Crippen LogP contribution in [0.25, 0.3) is 0 Å². The summed E-state index contributed by atoms with van der Waals surface area (Å²) in [6.45, 7) is 2.36. The zero-order valence-corrected chi connectivity index (χ0v) is 9.84. The summed E-state index contributed by atoms with van der Waals surface area (Å²) in [5.41, 5.74) is 0.493. The van der Waals surface area contributed by atoms with Gasteiger partial charge in [-0.15, -0.1) is 0 Å². The van der Waals surface area contributed by atoms with Crippen LogP contribution in [0.3, 0.4) is 0 Å². The van der Waals surface area contributed by atoms with Crippen molar-refractivity contribution in [2.75, 3.05) is 13.7 Å². The van der Waals surface area contributed by atoms with Crippen molar-refractivity contribution in [2.45, 2.75) is 19.4 Å². The quantitative estimate of drug-likeness (QED) is 0.789. The number of carbonyl (C=O) groups is 1. The third-order valence-corrected chi connectivity index (χ3v) is 2.24. The van der Waals surface area contributed by atoms with Crippen LogP contribution in [0.1, 0.15) is 25.0 Å². The zero-order valence-electron chi connectivity index (χ0n) is 9.84. The number of hydrogen-bond acceptors (Lipinski definition) is 4. The molecule has 0 bridgehead atoms. The number of ether oxygens (including phenoxy) is 2. The van der Waals surface area contributed by atoms with Crippen LogP contribution in [-0.4, -0.2) is 29.9 Å². The van der Waals surface area contributed by atoms with Gasteiger partial charge in [0, 0.05) is 0 Å². The number of rotatable bonds is 6. The Kier molecular flexibility index (Phi) is 4.78.